The molecule has 1 spiro atoms. The second-order valence-electron chi connectivity index (χ2n) is 22.3. The first-order valence-electron chi connectivity index (χ1n) is 25.6. The number of fused-ring (bicyclic) bond motifs is 3. The van der Waals surface area contributed by atoms with Crippen LogP contribution in [0.3, 0.4) is 0 Å². The largest absolute Gasteiger partial charge is 0.507 e. The minimum atomic E-state index is -0.770. The van der Waals surface area contributed by atoms with Gasteiger partial charge in [-0.1, -0.05) is 51.0 Å². The number of rotatable bonds is 13. The Morgan fingerprint density at radius 1 is 0.971 bits per heavy atom. The number of likely N-dealkylation sites (tertiary alicyclic amines) is 2. The number of piperidine rings is 1. The molecule has 2 aliphatic carbocycles. The van der Waals surface area contributed by atoms with E-state index in [1.807, 2.05) is 63.2 Å². The maximum absolute atomic E-state index is 14.2. The number of hydrogen-bond donors (Lipinski definition) is 5. The molecule has 6 aliphatic rings. The summed E-state index contributed by atoms with van der Waals surface area (Å²) in [6.45, 7) is 14.5. The Labute approximate surface area is 408 Å². The van der Waals surface area contributed by atoms with Crippen LogP contribution in [0.2, 0.25) is 0 Å². The van der Waals surface area contributed by atoms with Crippen molar-refractivity contribution in [1.29, 1.82) is 0 Å². The molecule has 4 aliphatic heterocycles. The van der Waals surface area contributed by atoms with E-state index in [-0.39, 0.29) is 42.4 Å². The molecule has 4 atom stereocenters. The maximum atomic E-state index is 14.2. The minimum absolute atomic E-state index is 0.0559. The molecule has 0 radical (unpaired) electrons. The maximum Gasteiger partial charge on any atom is 0.246 e. The van der Waals surface area contributed by atoms with E-state index in [1.54, 1.807) is 11.0 Å². The van der Waals surface area contributed by atoms with Gasteiger partial charge in [0.25, 0.3) is 0 Å². The molecular formula is C54H74N10O5. The number of benzene rings is 2. The number of likely N-dealkylation sites (N-methyl/N-ethyl adjacent to an activating group) is 1. The summed E-state index contributed by atoms with van der Waals surface area (Å²) in [4.78, 5) is 53.3. The summed E-state index contributed by atoms with van der Waals surface area (Å²) in [5, 5.41) is 39.6. The lowest BCUT2D eigenvalue weighted by molar-refractivity contribution is -0.142. The van der Waals surface area contributed by atoms with Crippen molar-refractivity contribution in [3.63, 3.8) is 0 Å². The Kier molecular flexibility index (Phi) is 14.5. The van der Waals surface area contributed by atoms with Gasteiger partial charge < -0.3 is 45.8 Å². The van der Waals surface area contributed by atoms with Crippen LogP contribution in [0, 0.1) is 29.1 Å². The van der Waals surface area contributed by atoms with Crippen molar-refractivity contribution < 1.29 is 24.6 Å². The number of nitrogens with zero attached hydrogens (tertiary/aromatic N) is 7. The molecule has 2 saturated carbocycles. The number of β-amino-alcohol motifs (C(OH)–C–C–N with tert-alkyl or cyclic N) is 1. The number of aromatic nitrogens is 2. The predicted octanol–water partition coefficient (Wildman–Crippen LogP) is 4.68. The van der Waals surface area contributed by atoms with E-state index in [0.717, 1.165) is 101 Å². The standard InChI is InChI=1S/C54H74N10O5/c1-6-36-11-13-37(14-12-36)32-55-48(67)28-40-27-43(65)35-64(40)52(69)49(53(2,3)4)57-51(68)38-15-19-54(20-16-38)30-41(31-54)62-21-17-39(18-22-62)60(5)23-24-61-25-26-63-42(34-61)33-56-50-46(63)29-45(58-59-50)44-9-7-8-10-47(44)66/h1,7-14,29,38-43,49,65-66H,15-28,30-35H2,2-5H3,(H,55,67)(H,56,59)(H,57,68)/t38?,40-,41?,42-,43+,49+,54?/m0/s1. The highest BCUT2D eigenvalue weighted by Gasteiger charge is 2.50. The van der Waals surface area contributed by atoms with Crippen LogP contribution in [0.1, 0.15) is 96.1 Å². The van der Waals surface area contributed by atoms with Crippen molar-refractivity contribution in [2.24, 2.45) is 16.7 Å². The van der Waals surface area contributed by atoms with E-state index in [4.69, 9.17) is 6.42 Å². The summed E-state index contributed by atoms with van der Waals surface area (Å²) >= 11 is 0. The van der Waals surface area contributed by atoms with Crippen molar-refractivity contribution in [2.75, 3.05) is 76.2 Å². The molecule has 3 aromatic rings. The van der Waals surface area contributed by atoms with Crippen molar-refractivity contribution in [1.82, 2.24) is 40.4 Å². The zero-order valence-electron chi connectivity index (χ0n) is 41.2. The third-order valence-electron chi connectivity index (χ3n) is 16.6. The van der Waals surface area contributed by atoms with Crippen LogP contribution in [-0.2, 0) is 20.9 Å². The fourth-order valence-electron chi connectivity index (χ4n) is 12.3. The number of para-hydroxylation sites is 1. The lowest BCUT2D eigenvalue weighted by atomic mass is 9.56. The van der Waals surface area contributed by atoms with Gasteiger partial charge in [0.2, 0.25) is 17.7 Å². The van der Waals surface area contributed by atoms with Crippen LogP contribution < -0.4 is 20.9 Å². The average molecular weight is 943 g/mol. The number of carbonyl (C=O) groups excluding carboxylic acids is 3. The highest BCUT2D eigenvalue weighted by molar-refractivity contribution is 5.90. The number of aliphatic hydroxyl groups is 1. The summed E-state index contributed by atoms with van der Waals surface area (Å²) < 4.78 is 0. The number of piperazine rings is 1. The molecule has 3 amide bonds. The Hall–Kier alpha value is -5.27. The number of nitrogens with one attached hydrogen (secondary N) is 3. The molecule has 0 bridgehead atoms. The van der Waals surface area contributed by atoms with E-state index < -0.39 is 23.6 Å². The Balaban J connectivity index is 0.685. The van der Waals surface area contributed by atoms with E-state index in [0.29, 0.717) is 47.8 Å². The minimum Gasteiger partial charge on any atom is -0.507 e. The van der Waals surface area contributed by atoms with Gasteiger partial charge in [0.15, 0.2) is 5.82 Å². The summed E-state index contributed by atoms with van der Waals surface area (Å²) in [5.74, 6) is 3.00. The second-order valence-corrected chi connectivity index (χ2v) is 22.3. The Morgan fingerprint density at radius 3 is 2.42 bits per heavy atom. The molecule has 1 aromatic heterocycles. The predicted molar refractivity (Wildman–Crippen MR) is 268 cm³/mol. The van der Waals surface area contributed by atoms with E-state index in [1.165, 1.54) is 25.7 Å². The number of carbonyl (C=O) groups is 3. The van der Waals surface area contributed by atoms with Crippen molar-refractivity contribution >= 4 is 29.2 Å². The van der Waals surface area contributed by atoms with Crippen LogP contribution in [0.15, 0.2) is 54.6 Å². The second kappa shape index (κ2) is 20.6. The highest BCUT2D eigenvalue weighted by Crippen LogP contribution is 2.54. The normalized spacial score (nSPS) is 26.9. The number of anilines is 2. The van der Waals surface area contributed by atoms with E-state index in [9.17, 15) is 24.6 Å². The summed E-state index contributed by atoms with van der Waals surface area (Å²) in [7, 11) is 2.31. The number of phenolic OH excluding ortho intramolecular Hbond substituents is 1. The topological polar surface area (TPSA) is 170 Å². The van der Waals surface area contributed by atoms with Crippen molar-refractivity contribution in [2.45, 2.75) is 128 Å². The van der Waals surface area contributed by atoms with Gasteiger partial charge in [0, 0.05) is 93.9 Å². The lowest BCUT2D eigenvalue weighted by Crippen LogP contribution is -2.59. The molecular weight excluding hydrogens is 869 g/mol. The number of amides is 3. The van der Waals surface area contributed by atoms with Crippen molar-refractivity contribution in [3.05, 3.63) is 65.7 Å². The van der Waals surface area contributed by atoms with Crippen molar-refractivity contribution in [3.8, 4) is 29.4 Å². The van der Waals surface area contributed by atoms with E-state index >= 15 is 0 Å². The first-order chi connectivity index (χ1) is 33.1. The monoisotopic (exact) mass is 943 g/mol. The molecule has 5 fully saturated rings. The Morgan fingerprint density at radius 2 is 1.71 bits per heavy atom. The summed E-state index contributed by atoms with van der Waals surface area (Å²) in [6.07, 6.45) is 13.7. The van der Waals surface area contributed by atoms with Gasteiger partial charge in [-0.15, -0.1) is 16.6 Å². The smallest absolute Gasteiger partial charge is 0.246 e. The number of terminal acetylenes is 1. The molecule has 2 aromatic carbocycles. The van der Waals surface area contributed by atoms with Gasteiger partial charge in [-0.3, -0.25) is 19.3 Å². The first kappa shape index (κ1) is 48.7. The summed E-state index contributed by atoms with van der Waals surface area (Å²) in [6, 6.07) is 17.1. The van der Waals surface area contributed by atoms with Crippen LogP contribution in [0.25, 0.3) is 11.3 Å². The quantitative estimate of drug-likeness (QED) is 0.150. The zero-order chi connectivity index (χ0) is 48.5. The van der Waals surface area contributed by atoms with Gasteiger partial charge in [-0.05, 0) is 125 Å². The molecule has 5 heterocycles. The van der Waals surface area contributed by atoms with E-state index in [2.05, 4.69) is 64.8 Å². The van der Waals surface area contributed by atoms with Crippen LogP contribution in [-0.4, -0.2) is 160 Å². The number of aromatic hydroxyl groups is 1. The fourth-order valence-corrected chi connectivity index (χ4v) is 12.3. The van der Waals surface area contributed by atoms with Crippen LogP contribution in [0.4, 0.5) is 11.5 Å². The highest BCUT2D eigenvalue weighted by atomic mass is 16.3. The zero-order valence-corrected chi connectivity index (χ0v) is 41.2. The van der Waals surface area contributed by atoms with Crippen LogP contribution >= 0.6 is 0 Å². The molecule has 15 heteroatoms. The number of aliphatic hydroxyl groups excluding tert-OH is 1. The molecule has 9 rings (SSSR count). The van der Waals surface area contributed by atoms with Gasteiger partial charge in [-0.25, -0.2) is 0 Å². The molecule has 69 heavy (non-hydrogen) atoms. The number of phenols is 1. The molecule has 15 nitrogen and oxygen atoms in total. The third-order valence-corrected chi connectivity index (χ3v) is 16.6. The molecule has 5 N–H and O–H groups in total. The van der Waals surface area contributed by atoms with Gasteiger partial charge in [-0.2, -0.15) is 0 Å². The fraction of sp³-hybridized carbons (Fsp3) is 0.611. The lowest BCUT2D eigenvalue weighted by Gasteiger charge is -2.56. The summed E-state index contributed by atoms with van der Waals surface area (Å²) in [5.41, 5.74) is 3.89. The molecule has 3 saturated heterocycles. The Bertz CT molecular complexity index is 2340. The van der Waals surface area contributed by atoms with Gasteiger partial charge in [0.05, 0.1) is 23.5 Å². The average Bonchev–Trinajstić information content (AvgIpc) is 3.71. The third kappa shape index (κ3) is 11.0. The SMILES string of the molecule is C#Cc1ccc(CNC(=O)C[C@@H]2C[C@@H](O)CN2C(=O)[C@@H](NC(=O)C2CCC3(CC2)CC(N2CCC(N(C)CCN4CCN5c6cc(-c7ccccc7O)nnc6NC[C@H]5C4)CC2)C3)C(C)(C)C)cc1. The molecule has 0 unspecified atom stereocenters. The van der Waals surface area contributed by atoms with Gasteiger partial charge in [0.1, 0.15) is 11.8 Å². The molecule has 370 valence electrons. The van der Waals surface area contributed by atoms with Crippen LogP contribution in [0.5, 0.6) is 5.75 Å². The first-order valence-corrected chi connectivity index (χ1v) is 25.6. The number of hydrogen-bond acceptors (Lipinski definition) is 12. The van der Waals surface area contributed by atoms with Gasteiger partial charge >= 0.3 is 0 Å².